The number of hydrogen-bond acceptors (Lipinski definition) is 2. The molecule has 0 aromatic carbocycles. The van der Waals surface area contributed by atoms with Gasteiger partial charge >= 0.3 is 0 Å². The van der Waals surface area contributed by atoms with Crippen molar-refractivity contribution in [2.75, 3.05) is 30.5 Å². The van der Waals surface area contributed by atoms with Gasteiger partial charge in [-0.05, 0) is 19.6 Å². The standard InChI is InChI=1S/C9H20ClNS/c1-4-12-8-7-11(6-5-10)9(2)3/h9H,4-8H2,1-3H3. The van der Waals surface area contributed by atoms with Crippen LogP contribution in [-0.2, 0) is 0 Å². The molecule has 0 unspecified atom stereocenters. The average molecular weight is 210 g/mol. The zero-order valence-electron chi connectivity index (χ0n) is 8.35. The highest BCUT2D eigenvalue weighted by atomic mass is 35.5. The van der Waals surface area contributed by atoms with E-state index in [-0.39, 0.29) is 0 Å². The van der Waals surface area contributed by atoms with Crippen LogP contribution in [0.5, 0.6) is 0 Å². The molecule has 0 amide bonds. The van der Waals surface area contributed by atoms with Gasteiger partial charge in [0.05, 0.1) is 0 Å². The molecule has 0 aliphatic rings. The summed E-state index contributed by atoms with van der Waals surface area (Å²) in [6, 6.07) is 0.626. The molecule has 0 fully saturated rings. The summed E-state index contributed by atoms with van der Waals surface area (Å²) in [6.07, 6.45) is 0. The molecule has 0 rings (SSSR count). The molecule has 0 radical (unpaired) electrons. The van der Waals surface area contributed by atoms with Crippen LogP contribution in [-0.4, -0.2) is 41.4 Å². The first-order valence-electron chi connectivity index (χ1n) is 4.60. The summed E-state index contributed by atoms with van der Waals surface area (Å²) in [6.45, 7) is 8.84. The van der Waals surface area contributed by atoms with Crippen LogP contribution in [0.1, 0.15) is 20.8 Å². The van der Waals surface area contributed by atoms with E-state index in [4.69, 9.17) is 11.6 Å². The van der Waals surface area contributed by atoms with Gasteiger partial charge in [0.2, 0.25) is 0 Å². The van der Waals surface area contributed by atoms with Crippen LogP contribution in [0.25, 0.3) is 0 Å². The number of alkyl halides is 1. The van der Waals surface area contributed by atoms with E-state index in [2.05, 4.69) is 25.7 Å². The van der Waals surface area contributed by atoms with E-state index in [1.54, 1.807) is 0 Å². The van der Waals surface area contributed by atoms with Gasteiger partial charge < -0.3 is 0 Å². The fourth-order valence-electron chi connectivity index (χ4n) is 1.06. The lowest BCUT2D eigenvalue weighted by atomic mass is 10.3. The minimum atomic E-state index is 0.626. The molecule has 3 heteroatoms. The number of hydrogen-bond donors (Lipinski definition) is 0. The molecule has 0 bridgehead atoms. The lowest BCUT2D eigenvalue weighted by molar-refractivity contribution is 0.250. The van der Waals surface area contributed by atoms with Crippen molar-refractivity contribution in [3.8, 4) is 0 Å². The van der Waals surface area contributed by atoms with Crippen molar-refractivity contribution in [3.05, 3.63) is 0 Å². The van der Waals surface area contributed by atoms with Gasteiger partial charge in [-0.25, -0.2) is 0 Å². The predicted octanol–water partition coefficient (Wildman–Crippen LogP) is 2.69. The zero-order chi connectivity index (χ0) is 9.40. The molecule has 0 heterocycles. The minimum absolute atomic E-state index is 0.626. The van der Waals surface area contributed by atoms with Crippen LogP contribution in [0, 0.1) is 0 Å². The molecule has 0 N–H and O–H groups in total. The lowest BCUT2D eigenvalue weighted by Crippen LogP contribution is -2.34. The van der Waals surface area contributed by atoms with E-state index in [0.717, 1.165) is 12.4 Å². The first-order valence-corrected chi connectivity index (χ1v) is 6.29. The van der Waals surface area contributed by atoms with Crippen molar-refractivity contribution >= 4 is 23.4 Å². The zero-order valence-corrected chi connectivity index (χ0v) is 9.92. The highest BCUT2D eigenvalue weighted by Gasteiger charge is 2.06. The van der Waals surface area contributed by atoms with Crippen LogP contribution in [0.3, 0.4) is 0 Å². The van der Waals surface area contributed by atoms with Gasteiger partial charge in [0.25, 0.3) is 0 Å². The van der Waals surface area contributed by atoms with Crippen molar-refractivity contribution in [3.63, 3.8) is 0 Å². The lowest BCUT2D eigenvalue weighted by Gasteiger charge is -2.25. The van der Waals surface area contributed by atoms with Crippen LogP contribution < -0.4 is 0 Å². The van der Waals surface area contributed by atoms with Gasteiger partial charge in [0, 0.05) is 30.8 Å². The monoisotopic (exact) mass is 209 g/mol. The van der Waals surface area contributed by atoms with Gasteiger partial charge in [0.1, 0.15) is 0 Å². The summed E-state index contributed by atoms with van der Waals surface area (Å²) in [4.78, 5) is 2.43. The van der Waals surface area contributed by atoms with Gasteiger partial charge in [-0.1, -0.05) is 6.92 Å². The summed E-state index contributed by atoms with van der Waals surface area (Å²) in [7, 11) is 0. The predicted molar refractivity (Wildman–Crippen MR) is 60.4 cm³/mol. The van der Waals surface area contributed by atoms with Gasteiger partial charge in [0.15, 0.2) is 0 Å². The Kier molecular flexibility index (Phi) is 8.62. The van der Waals surface area contributed by atoms with Crippen molar-refractivity contribution < 1.29 is 0 Å². The van der Waals surface area contributed by atoms with Crippen molar-refractivity contribution in [1.29, 1.82) is 0 Å². The molecule has 0 aliphatic heterocycles. The summed E-state index contributed by atoms with van der Waals surface area (Å²) in [5.41, 5.74) is 0. The maximum atomic E-state index is 5.70. The van der Waals surface area contributed by atoms with Gasteiger partial charge in [-0.3, -0.25) is 4.90 Å². The molecule has 0 spiro atoms. The van der Waals surface area contributed by atoms with Gasteiger partial charge in [-0.2, -0.15) is 11.8 Å². The molecule has 74 valence electrons. The Bertz CT molecular complexity index is 98.5. The summed E-state index contributed by atoms with van der Waals surface area (Å²) < 4.78 is 0. The first kappa shape index (κ1) is 12.6. The fraction of sp³-hybridized carbons (Fsp3) is 1.00. The Balaban J connectivity index is 3.49. The third kappa shape index (κ3) is 6.15. The molecule has 0 saturated heterocycles. The Hall–Kier alpha value is 0.600. The molecular formula is C9H20ClNS. The van der Waals surface area contributed by atoms with Gasteiger partial charge in [-0.15, -0.1) is 11.6 Å². The molecule has 0 aliphatic carbocycles. The van der Waals surface area contributed by atoms with E-state index < -0.39 is 0 Å². The van der Waals surface area contributed by atoms with E-state index in [0.29, 0.717) is 6.04 Å². The number of rotatable bonds is 7. The topological polar surface area (TPSA) is 3.24 Å². The van der Waals surface area contributed by atoms with Crippen molar-refractivity contribution in [1.82, 2.24) is 4.90 Å². The number of thioether (sulfide) groups is 1. The maximum Gasteiger partial charge on any atom is 0.0351 e. The SMILES string of the molecule is CCSCCN(CCCl)C(C)C. The second-order valence-corrected chi connectivity index (χ2v) is 4.79. The average Bonchev–Trinajstić information content (AvgIpc) is 2.03. The Morgan fingerprint density at radius 1 is 1.33 bits per heavy atom. The molecule has 1 nitrogen and oxygen atoms in total. The van der Waals surface area contributed by atoms with Crippen LogP contribution in [0.15, 0.2) is 0 Å². The third-order valence-corrected chi connectivity index (χ3v) is 2.88. The highest BCUT2D eigenvalue weighted by molar-refractivity contribution is 7.99. The van der Waals surface area contributed by atoms with E-state index in [1.165, 1.54) is 18.1 Å². The van der Waals surface area contributed by atoms with Crippen LogP contribution in [0.2, 0.25) is 0 Å². The number of halogens is 1. The molecule has 0 aromatic rings. The molecule has 0 atom stereocenters. The van der Waals surface area contributed by atoms with E-state index in [1.807, 2.05) is 11.8 Å². The molecule has 12 heavy (non-hydrogen) atoms. The normalized spacial score (nSPS) is 11.5. The van der Waals surface area contributed by atoms with E-state index in [9.17, 15) is 0 Å². The smallest absolute Gasteiger partial charge is 0.0351 e. The van der Waals surface area contributed by atoms with Crippen molar-refractivity contribution in [2.24, 2.45) is 0 Å². The maximum absolute atomic E-state index is 5.70. The third-order valence-electron chi connectivity index (χ3n) is 1.83. The largest absolute Gasteiger partial charge is 0.299 e. The number of nitrogens with zero attached hydrogens (tertiary/aromatic N) is 1. The molecule has 0 aromatic heterocycles. The van der Waals surface area contributed by atoms with Crippen LogP contribution in [0.4, 0.5) is 0 Å². The quantitative estimate of drug-likeness (QED) is 0.469. The van der Waals surface area contributed by atoms with Crippen LogP contribution >= 0.6 is 23.4 Å². The summed E-state index contributed by atoms with van der Waals surface area (Å²) in [5.74, 6) is 3.19. The second-order valence-electron chi connectivity index (χ2n) is 3.02. The Morgan fingerprint density at radius 2 is 2.00 bits per heavy atom. The summed E-state index contributed by atoms with van der Waals surface area (Å²) in [5, 5.41) is 0. The van der Waals surface area contributed by atoms with Crippen molar-refractivity contribution in [2.45, 2.75) is 26.8 Å². The molecule has 0 saturated carbocycles. The molecular weight excluding hydrogens is 190 g/mol. The fourth-order valence-corrected chi connectivity index (χ4v) is 1.93. The Labute approximate surface area is 85.8 Å². The second kappa shape index (κ2) is 8.21. The minimum Gasteiger partial charge on any atom is -0.299 e. The highest BCUT2D eigenvalue weighted by Crippen LogP contribution is 2.03. The van der Waals surface area contributed by atoms with E-state index >= 15 is 0 Å². The first-order chi connectivity index (χ1) is 5.72. The Morgan fingerprint density at radius 3 is 2.42 bits per heavy atom. The summed E-state index contributed by atoms with van der Waals surface area (Å²) >= 11 is 7.70.